The molecule has 1 aromatic carbocycles. The Morgan fingerprint density at radius 3 is 2.75 bits per heavy atom. The van der Waals surface area contributed by atoms with Gasteiger partial charge in [-0.2, -0.15) is 4.98 Å². The van der Waals surface area contributed by atoms with Gasteiger partial charge in [-0.05, 0) is 36.2 Å². The lowest BCUT2D eigenvalue weighted by molar-refractivity contribution is -0.138. The number of hydrogen-bond donors (Lipinski definition) is 0. The van der Waals surface area contributed by atoms with E-state index in [0.717, 1.165) is 28.1 Å². The molecule has 4 aromatic rings. The first-order chi connectivity index (χ1) is 15.6. The monoisotopic (exact) mass is 433 g/mol. The van der Waals surface area contributed by atoms with Crippen LogP contribution >= 0.6 is 0 Å². The third-order valence-electron chi connectivity index (χ3n) is 5.58. The topological polar surface area (TPSA) is 95.0 Å². The number of aryl methyl sites for hydroxylation is 1. The van der Waals surface area contributed by atoms with Gasteiger partial charge in [0.1, 0.15) is 18.3 Å². The van der Waals surface area contributed by atoms with Gasteiger partial charge in [-0.3, -0.25) is 4.79 Å². The number of benzene rings is 1. The van der Waals surface area contributed by atoms with Crippen LogP contribution in [0.15, 0.2) is 53.4 Å². The first-order valence-electron chi connectivity index (χ1n) is 10.4. The second-order valence-electron chi connectivity index (χ2n) is 7.68. The Balaban J connectivity index is 1.34. The summed E-state index contributed by atoms with van der Waals surface area (Å²) in [7, 11) is 1.65. The Labute approximate surface area is 184 Å². The van der Waals surface area contributed by atoms with Crippen molar-refractivity contribution in [3.8, 4) is 16.9 Å². The second kappa shape index (κ2) is 8.43. The highest BCUT2D eigenvalue weighted by atomic mass is 16.5. The minimum Gasteiger partial charge on any atom is -0.497 e. The molecule has 1 aliphatic rings. The molecule has 1 amide bonds. The van der Waals surface area contributed by atoms with Crippen LogP contribution < -0.4 is 4.74 Å². The molecule has 1 saturated heterocycles. The number of ether oxygens (including phenoxy) is 2. The fourth-order valence-electron chi connectivity index (χ4n) is 3.92. The molecule has 0 saturated carbocycles. The summed E-state index contributed by atoms with van der Waals surface area (Å²) in [5, 5.41) is 3.74. The van der Waals surface area contributed by atoms with Gasteiger partial charge < -0.3 is 23.3 Å². The molecule has 1 fully saturated rings. The quantitative estimate of drug-likeness (QED) is 0.478. The summed E-state index contributed by atoms with van der Waals surface area (Å²) < 4.78 is 18.3. The molecule has 1 atom stereocenters. The molecule has 9 nitrogen and oxygen atoms in total. The molecule has 0 spiro atoms. The van der Waals surface area contributed by atoms with Crippen molar-refractivity contribution in [3.63, 3.8) is 0 Å². The van der Waals surface area contributed by atoms with Crippen LogP contribution in [0.25, 0.3) is 16.6 Å². The number of pyridine rings is 1. The molecule has 32 heavy (non-hydrogen) atoms. The van der Waals surface area contributed by atoms with E-state index in [9.17, 15) is 4.79 Å². The normalized spacial score (nSPS) is 16.4. The Morgan fingerprint density at radius 2 is 2.00 bits per heavy atom. The number of fused-ring (bicyclic) bond motifs is 1. The molecular formula is C23H23N5O4. The molecule has 1 unspecified atom stereocenters. The van der Waals surface area contributed by atoms with Crippen molar-refractivity contribution in [3.05, 3.63) is 66.3 Å². The van der Waals surface area contributed by atoms with Crippen LogP contribution in [-0.2, 0) is 16.0 Å². The highest BCUT2D eigenvalue weighted by Crippen LogP contribution is 2.28. The number of hydrogen-bond acceptors (Lipinski definition) is 7. The van der Waals surface area contributed by atoms with E-state index in [2.05, 4.69) is 21.2 Å². The van der Waals surface area contributed by atoms with Crippen LogP contribution in [0.3, 0.4) is 0 Å². The maximum atomic E-state index is 12.7. The number of amides is 1. The minimum absolute atomic E-state index is 0.0627. The van der Waals surface area contributed by atoms with Crippen LogP contribution in [-0.4, -0.2) is 57.1 Å². The summed E-state index contributed by atoms with van der Waals surface area (Å²) in [6.45, 7) is 3.13. The first kappa shape index (κ1) is 20.2. The zero-order chi connectivity index (χ0) is 22.1. The second-order valence-corrected chi connectivity index (χ2v) is 7.68. The summed E-state index contributed by atoms with van der Waals surface area (Å²) >= 11 is 0. The van der Waals surface area contributed by atoms with Crippen LogP contribution in [0.1, 0.15) is 23.5 Å². The van der Waals surface area contributed by atoms with E-state index in [0.29, 0.717) is 31.4 Å². The van der Waals surface area contributed by atoms with Gasteiger partial charge in [0.25, 0.3) is 0 Å². The lowest BCUT2D eigenvalue weighted by atomic mass is 10.1. The van der Waals surface area contributed by atoms with E-state index in [-0.39, 0.29) is 18.4 Å². The predicted molar refractivity (Wildman–Crippen MR) is 115 cm³/mol. The Hall–Kier alpha value is -3.72. The smallest absolute Gasteiger partial charge is 0.236 e. The van der Waals surface area contributed by atoms with Crippen LogP contribution in [0.4, 0.5) is 0 Å². The molecule has 4 heterocycles. The molecule has 0 N–H and O–H groups in total. The fourth-order valence-corrected chi connectivity index (χ4v) is 3.92. The number of methoxy groups -OCH3 is 1. The van der Waals surface area contributed by atoms with E-state index in [1.54, 1.807) is 25.3 Å². The van der Waals surface area contributed by atoms with Gasteiger partial charge in [0.05, 0.1) is 37.8 Å². The minimum atomic E-state index is -0.297. The van der Waals surface area contributed by atoms with E-state index < -0.39 is 0 Å². The van der Waals surface area contributed by atoms with Crippen LogP contribution in [0, 0.1) is 6.92 Å². The number of imidazole rings is 1. The van der Waals surface area contributed by atoms with Gasteiger partial charge in [-0.15, -0.1) is 0 Å². The summed E-state index contributed by atoms with van der Waals surface area (Å²) in [4.78, 5) is 23.2. The number of nitrogens with zero attached hydrogens (tertiary/aromatic N) is 5. The van der Waals surface area contributed by atoms with Crippen molar-refractivity contribution in [2.75, 3.05) is 26.8 Å². The molecule has 3 aromatic heterocycles. The average Bonchev–Trinajstić information content (AvgIpc) is 3.44. The standard InChI is InChI=1S/C23H23N5O4/c1-15-25-21(32-26-15)11-22(29)27-9-10-31-20(13-27)23-19-8-5-17(12-28(19)14-24-23)16-3-6-18(30-2)7-4-16/h3-8,12,14,20H,9-11,13H2,1-2H3. The Morgan fingerprint density at radius 1 is 1.19 bits per heavy atom. The number of carbonyl (C=O) groups is 1. The van der Waals surface area contributed by atoms with Crippen molar-refractivity contribution < 1.29 is 18.8 Å². The number of carbonyl (C=O) groups excluding carboxylic acids is 1. The van der Waals surface area contributed by atoms with Gasteiger partial charge in [-0.1, -0.05) is 23.4 Å². The van der Waals surface area contributed by atoms with Gasteiger partial charge in [0.2, 0.25) is 11.8 Å². The van der Waals surface area contributed by atoms with Gasteiger partial charge in [0.15, 0.2) is 5.82 Å². The summed E-state index contributed by atoms with van der Waals surface area (Å²) in [6.07, 6.45) is 3.61. The molecule has 1 aliphatic heterocycles. The fraction of sp³-hybridized carbons (Fsp3) is 0.304. The predicted octanol–water partition coefficient (Wildman–Crippen LogP) is 2.84. The first-order valence-corrected chi connectivity index (χ1v) is 10.4. The van der Waals surface area contributed by atoms with Crippen molar-refractivity contribution in [1.82, 2.24) is 24.4 Å². The van der Waals surface area contributed by atoms with Crippen molar-refractivity contribution in [2.45, 2.75) is 19.4 Å². The molecule has 0 radical (unpaired) electrons. The Bertz CT molecular complexity index is 1250. The molecule has 0 bridgehead atoms. The molecule has 0 aliphatic carbocycles. The average molecular weight is 433 g/mol. The zero-order valence-electron chi connectivity index (χ0n) is 17.9. The van der Waals surface area contributed by atoms with Gasteiger partial charge >= 0.3 is 0 Å². The Kier molecular flexibility index (Phi) is 5.32. The summed E-state index contributed by atoms with van der Waals surface area (Å²) in [5.41, 5.74) is 3.93. The van der Waals surface area contributed by atoms with E-state index in [1.807, 2.05) is 40.9 Å². The number of morpholine rings is 1. The molecular weight excluding hydrogens is 410 g/mol. The van der Waals surface area contributed by atoms with Gasteiger partial charge in [-0.25, -0.2) is 4.98 Å². The van der Waals surface area contributed by atoms with E-state index in [4.69, 9.17) is 14.0 Å². The zero-order valence-corrected chi connectivity index (χ0v) is 17.9. The van der Waals surface area contributed by atoms with E-state index >= 15 is 0 Å². The maximum absolute atomic E-state index is 12.7. The number of rotatable bonds is 5. The van der Waals surface area contributed by atoms with Crippen molar-refractivity contribution in [2.24, 2.45) is 0 Å². The van der Waals surface area contributed by atoms with Crippen molar-refractivity contribution in [1.29, 1.82) is 0 Å². The van der Waals surface area contributed by atoms with Crippen molar-refractivity contribution >= 4 is 11.4 Å². The lowest BCUT2D eigenvalue weighted by Gasteiger charge is -2.32. The maximum Gasteiger partial charge on any atom is 0.236 e. The van der Waals surface area contributed by atoms with Crippen LogP contribution in [0.2, 0.25) is 0 Å². The summed E-state index contributed by atoms with van der Waals surface area (Å²) in [6, 6.07) is 12.0. The SMILES string of the molecule is COc1ccc(-c2ccc3c(C4CN(C(=O)Cc5nc(C)no5)CCO4)ncn3c2)cc1. The number of aromatic nitrogens is 4. The third-order valence-corrected chi connectivity index (χ3v) is 5.58. The highest BCUT2D eigenvalue weighted by molar-refractivity contribution is 5.78. The molecule has 164 valence electrons. The molecule has 9 heteroatoms. The van der Waals surface area contributed by atoms with E-state index in [1.165, 1.54) is 0 Å². The summed E-state index contributed by atoms with van der Waals surface area (Å²) in [5.74, 6) is 1.61. The van der Waals surface area contributed by atoms with Crippen LogP contribution in [0.5, 0.6) is 5.75 Å². The third kappa shape index (κ3) is 3.94. The lowest BCUT2D eigenvalue weighted by Crippen LogP contribution is -2.43. The largest absolute Gasteiger partial charge is 0.497 e. The molecule has 5 rings (SSSR count). The highest BCUT2D eigenvalue weighted by Gasteiger charge is 2.29. The van der Waals surface area contributed by atoms with Gasteiger partial charge in [0, 0.05) is 12.7 Å².